The van der Waals surface area contributed by atoms with E-state index in [-0.39, 0.29) is 0 Å². The number of hydrogen-bond acceptors (Lipinski definition) is 3. The van der Waals surface area contributed by atoms with Crippen molar-refractivity contribution in [3.8, 4) is 0 Å². The highest BCUT2D eigenvalue weighted by molar-refractivity contribution is 9.10. The molecule has 1 atom stereocenters. The Morgan fingerprint density at radius 1 is 1.42 bits per heavy atom. The van der Waals surface area contributed by atoms with Crippen molar-refractivity contribution in [3.63, 3.8) is 0 Å². The predicted octanol–water partition coefficient (Wildman–Crippen LogP) is 4.31. The molecule has 0 saturated heterocycles. The van der Waals surface area contributed by atoms with Gasteiger partial charge in [-0.2, -0.15) is 0 Å². The molecular formula is C14H14BrNO2S. The zero-order valence-electron chi connectivity index (χ0n) is 10.4. The van der Waals surface area contributed by atoms with Crippen molar-refractivity contribution in [2.45, 2.75) is 19.4 Å². The second kappa shape index (κ2) is 6.21. The molecule has 0 aliphatic rings. The van der Waals surface area contributed by atoms with Crippen LogP contribution in [-0.2, 0) is 11.2 Å². The smallest absolute Gasteiger partial charge is 0.331 e. The van der Waals surface area contributed by atoms with Crippen LogP contribution in [0.3, 0.4) is 0 Å². The monoisotopic (exact) mass is 339 g/mol. The second-order valence-corrected chi connectivity index (χ2v) is 6.20. The Balaban J connectivity index is 2.23. The summed E-state index contributed by atoms with van der Waals surface area (Å²) in [5, 5.41) is 12.4. The zero-order valence-corrected chi connectivity index (χ0v) is 12.8. The molecule has 1 aromatic carbocycles. The minimum Gasteiger partial charge on any atom is -0.479 e. The molecule has 0 bridgehead atoms. The first kappa shape index (κ1) is 14.1. The molecule has 0 fully saturated rings. The number of carbonyl (C=O) groups is 1. The van der Waals surface area contributed by atoms with E-state index in [0.717, 1.165) is 21.5 Å². The van der Waals surface area contributed by atoms with Gasteiger partial charge in [0.1, 0.15) is 0 Å². The lowest BCUT2D eigenvalue weighted by Gasteiger charge is -2.14. The predicted molar refractivity (Wildman–Crippen MR) is 81.8 cm³/mol. The molecule has 1 aromatic heterocycles. The van der Waals surface area contributed by atoms with Gasteiger partial charge in [-0.3, -0.25) is 0 Å². The summed E-state index contributed by atoms with van der Waals surface area (Å²) in [6, 6.07) is 10.7. The first-order valence-corrected chi connectivity index (χ1v) is 7.54. The summed E-state index contributed by atoms with van der Waals surface area (Å²) in [4.78, 5) is 13.4. The van der Waals surface area contributed by atoms with Crippen LogP contribution in [-0.4, -0.2) is 11.1 Å². The molecule has 0 aliphatic heterocycles. The van der Waals surface area contributed by atoms with Gasteiger partial charge < -0.3 is 10.4 Å². The van der Waals surface area contributed by atoms with Gasteiger partial charge in [0.2, 0.25) is 0 Å². The van der Waals surface area contributed by atoms with Gasteiger partial charge in [0, 0.05) is 19.9 Å². The molecule has 2 aromatic rings. The summed E-state index contributed by atoms with van der Waals surface area (Å²) in [5.41, 5.74) is 0.785. The number of rotatable bonds is 5. The number of halogens is 1. The van der Waals surface area contributed by atoms with Crippen LogP contribution < -0.4 is 5.32 Å². The Morgan fingerprint density at radius 3 is 2.79 bits per heavy atom. The van der Waals surface area contributed by atoms with Gasteiger partial charge in [0.25, 0.3) is 0 Å². The van der Waals surface area contributed by atoms with Crippen LogP contribution in [0, 0.1) is 0 Å². The van der Waals surface area contributed by atoms with Crippen molar-refractivity contribution >= 4 is 38.9 Å². The molecule has 5 heteroatoms. The van der Waals surface area contributed by atoms with Gasteiger partial charge in [-0.15, -0.1) is 11.3 Å². The SMILES string of the molecule is CCc1ccc(C(Nc2cccc(Br)c2)C(=O)O)s1. The maximum atomic E-state index is 11.4. The van der Waals surface area contributed by atoms with E-state index in [1.807, 2.05) is 36.4 Å². The number of carboxylic acids is 1. The molecule has 0 spiro atoms. The van der Waals surface area contributed by atoms with Crippen molar-refractivity contribution < 1.29 is 9.90 Å². The standard InChI is InChI=1S/C14H14BrNO2S/c1-2-11-6-7-12(19-11)13(14(17)18)16-10-5-3-4-9(15)8-10/h3-8,13,16H,2H2,1H3,(H,17,18). The summed E-state index contributed by atoms with van der Waals surface area (Å²) in [5.74, 6) is -0.871. The number of thiophene rings is 1. The van der Waals surface area contributed by atoms with Gasteiger partial charge in [-0.25, -0.2) is 4.79 Å². The molecule has 1 unspecified atom stereocenters. The number of aliphatic carboxylic acids is 1. The van der Waals surface area contributed by atoms with Gasteiger partial charge >= 0.3 is 5.97 Å². The average molecular weight is 340 g/mol. The fourth-order valence-corrected chi connectivity index (χ4v) is 3.14. The Labute approximate surface area is 124 Å². The van der Waals surface area contributed by atoms with E-state index in [1.165, 1.54) is 16.2 Å². The number of aryl methyl sites for hydroxylation is 1. The van der Waals surface area contributed by atoms with E-state index in [1.54, 1.807) is 0 Å². The van der Waals surface area contributed by atoms with Crippen molar-refractivity contribution in [3.05, 3.63) is 50.6 Å². The molecule has 19 heavy (non-hydrogen) atoms. The third-order valence-corrected chi connectivity index (χ3v) is 4.49. The minimum atomic E-state index is -0.871. The van der Waals surface area contributed by atoms with Crippen LogP contribution >= 0.6 is 27.3 Å². The highest BCUT2D eigenvalue weighted by Gasteiger charge is 2.21. The molecule has 0 radical (unpaired) electrons. The van der Waals surface area contributed by atoms with E-state index < -0.39 is 12.0 Å². The number of nitrogens with one attached hydrogen (secondary N) is 1. The number of hydrogen-bond donors (Lipinski definition) is 2. The molecule has 0 amide bonds. The minimum absolute atomic E-state index is 0.709. The highest BCUT2D eigenvalue weighted by atomic mass is 79.9. The topological polar surface area (TPSA) is 49.3 Å². The lowest BCUT2D eigenvalue weighted by atomic mass is 10.2. The van der Waals surface area contributed by atoms with Gasteiger partial charge in [-0.05, 0) is 36.8 Å². The van der Waals surface area contributed by atoms with Gasteiger partial charge in [-0.1, -0.05) is 28.9 Å². The van der Waals surface area contributed by atoms with Crippen LogP contribution in [0.2, 0.25) is 0 Å². The molecule has 2 rings (SSSR count). The Hall–Kier alpha value is -1.33. The lowest BCUT2D eigenvalue weighted by Crippen LogP contribution is -2.19. The normalized spacial score (nSPS) is 12.1. The van der Waals surface area contributed by atoms with Crippen molar-refractivity contribution in [2.75, 3.05) is 5.32 Å². The molecule has 100 valence electrons. The molecule has 0 aliphatic carbocycles. The van der Waals surface area contributed by atoms with Crippen LogP contribution in [0.5, 0.6) is 0 Å². The van der Waals surface area contributed by atoms with Crippen molar-refractivity contribution in [1.82, 2.24) is 0 Å². The Kier molecular flexibility index (Phi) is 4.61. The van der Waals surface area contributed by atoms with Crippen molar-refractivity contribution in [1.29, 1.82) is 0 Å². The maximum Gasteiger partial charge on any atom is 0.331 e. The van der Waals surface area contributed by atoms with Gasteiger partial charge in [0.15, 0.2) is 6.04 Å². The van der Waals surface area contributed by atoms with Gasteiger partial charge in [0.05, 0.1) is 0 Å². The summed E-state index contributed by atoms with van der Waals surface area (Å²) in [7, 11) is 0. The fraction of sp³-hybridized carbons (Fsp3) is 0.214. The summed E-state index contributed by atoms with van der Waals surface area (Å²) in [6.07, 6.45) is 0.924. The van der Waals surface area contributed by atoms with E-state index in [2.05, 4.69) is 28.2 Å². The average Bonchev–Trinajstić information content (AvgIpc) is 2.84. The van der Waals surface area contributed by atoms with E-state index in [0.29, 0.717) is 0 Å². The van der Waals surface area contributed by atoms with Crippen LogP contribution in [0.15, 0.2) is 40.9 Å². The summed E-state index contributed by atoms with van der Waals surface area (Å²) >= 11 is 4.91. The molecule has 3 nitrogen and oxygen atoms in total. The summed E-state index contributed by atoms with van der Waals surface area (Å²) in [6.45, 7) is 2.06. The molecule has 1 heterocycles. The molecule has 0 saturated carbocycles. The number of benzene rings is 1. The fourth-order valence-electron chi connectivity index (χ4n) is 1.74. The molecular weight excluding hydrogens is 326 g/mol. The first-order chi connectivity index (χ1) is 9.10. The van der Waals surface area contributed by atoms with E-state index in [9.17, 15) is 9.90 Å². The second-order valence-electron chi connectivity index (χ2n) is 4.08. The number of carboxylic acid groups (broad SMARTS) is 1. The quantitative estimate of drug-likeness (QED) is 0.853. The van der Waals surface area contributed by atoms with Crippen LogP contribution in [0.25, 0.3) is 0 Å². The third-order valence-electron chi connectivity index (χ3n) is 2.70. The van der Waals surface area contributed by atoms with Crippen LogP contribution in [0.4, 0.5) is 5.69 Å². The zero-order chi connectivity index (χ0) is 13.8. The first-order valence-electron chi connectivity index (χ1n) is 5.93. The largest absolute Gasteiger partial charge is 0.479 e. The lowest BCUT2D eigenvalue weighted by molar-refractivity contribution is -0.138. The number of anilines is 1. The Bertz CT molecular complexity index is 582. The van der Waals surface area contributed by atoms with E-state index >= 15 is 0 Å². The molecule has 2 N–H and O–H groups in total. The summed E-state index contributed by atoms with van der Waals surface area (Å²) < 4.78 is 0.919. The maximum absolute atomic E-state index is 11.4. The van der Waals surface area contributed by atoms with Crippen LogP contribution in [0.1, 0.15) is 22.7 Å². The third kappa shape index (κ3) is 3.58. The van der Waals surface area contributed by atoms with Crippen molar-refractivity contribution in [2.24, 2.45) is 0 Å². The van der Waals surface area contributed by atoms with E-state index in [4.69, 9.17) is 0 Å². The highest BCUT2D eigenvalue weighted by Crippen LogP contribution is 2.28. The Morgan fingerprint density at radius 2 is 2.21 bits per heavy atom.